The van der Waals surface area contributed by atoms with Crippen molar-refractivity contribution in [3.05, 3.63) is 47.4 Å². The quantitative estimate of drug-likeness (QED) is 0.161. The van der Waals surface area contributed by atoms with Gasteiger partial charge >= 0.3 is 5.97 Å². The number of amides is 3. The first-order chi connectivity index (χ1) is 17.7. The molecule has 37 heavy (non-hydrogen) atoms. The van der Waals surface area contributed by atoms with E-state index in [0.29, 0.717) is 17.9 Å². The molecular weight excluding hydrogens is 516 g/mol. The van der Waals surface area contributed by atoms with Crippen LogP contribution in [0.4, 0.5) is 0 Å². The molecule has 0 aliphatic carbocycles. The van der Waals surface area contributed by atoms with E-state index in [0.717, 1.165) is 4.90 Å². The maximum absolute atomic E-state index is 12.9. The molecule has 3 amide bonds. The zero-order valence-corrected chi connectivity index (χ0v) is 22.9. The van der Waals surface area contributed by atoms with Gasteiger partial charge in [0.05, 0.1) is 18.7 Å². The van der Waals surface area contributed by atoms with Gasteiger partial charge in [0.2, 0.25) is 5.91 Å². The molecule has 2 bridgehead atoms. The van der Waals surface area contributed by atoms with Gasteiger partial charge in [0.1, 0.15) is 23.5 Å². The van der Waals surface area contributed by atoms with Crippen LogP contribution in [0.1, 0.15) is 56.2 Å². The van der Waals surface area contributed by atoms with Crippen molar-refractivity contribution in [2.75, 3.05) is 12.0 Å². The summed E-state index contributed by atoms with van der Waals surface area (Å²) in [5, 5.41) is 7.89. The summed E-state index contributed by atoms with van der Waals surface area (Å²) in [6.07, 6.45) is 6.39. The average Bonchev–Trinajstić information content (AvgIpc) is 2.87. The van der Waals surface area contributed by atoms with E-state index in [4.69, 9.17) is 4.74 Å². The Hall–Kier alpha value is -3.12. The standard InChI is InChI=1S/C25H32N4O6S2/c1-5-17-23(32)29-18(6-2)25(34)35-16(9-7-8-12-37-15(3)30)13-22(31)26-14-20-21(36-4)11-10-19(27-20)24(33)28-17/h5,7,9-11,16,18H,6,8,12-14H2,1-4H3,(H,26,31)(H,28,33)(H,29,32)/b9-7+,17-5-/t16-,18?/m1/s1. The van der Waals surface area contributed by atoms with Gasteiger partial charge in [-0.05, 0) is 44.2 Å². The lowest BCUT2D eigenvalue weighted by Crippen LogP contribution is -2.46. The van der Waals surface area contributed by atoms with Crippen LogP contribution < -0.4 is 16.0 Å². The number of allylic oxidation sites excluding steroid dienone is 2. The molecule has 1 aliphatic heterocycles. The highest BCUT2D eigenvalue weighted by Crippen LogP contribution is 2.20. The monoisotopic (exact) mass is 548 g/mol. The minimum absolute atomic E-state index is 0.00409. The first-order valence-electron chi connectivity index (χ1n) is 11.8. The van der Waals surface area contributed by atoms with Crippen LogP contribution in [0.3, 0.4) is 0 Å². The van der Waals surface area contributed by atoms with Gasteiger partial charge in [0.25, 0.3) is 11.8 Å². The van der Waals surface area contributed by atoms with Crippen molar-refractivity contribution in [2.45, 2.75) is 63.6 Å². The predicted octanol–water partition coefficient (Wildman–Crippen LogP) is 2.49. The van der Waals surface area contributed by atoms with Gasteiger partial charge in [-0.25, -0.2) is 9.78 Å². The highest BCUT2D eigenvalue weighted by molar-refractivity contribution is 8.13. The van der Waals surface area contributed by atoms with E-state index in [1.54, 1.807) is 32.1 Å². The molecule has 0 saturated heterocycles. The largest absolute Gasteiger partial charge is 0.456 e. The third-order valence-electron chi connectivity index (χ3n) is 5.21. The lowest BCUT2D eigenvalue weighted by atomic mass is 10.1. The molecule has 1 aliphatic rings. The van der Waals surface area contributed by atoms with Gasteiger partial charge in [0.15, 0.2) is 5.12 Å². The number of esters is 1. The summed E-state index contributed by atoms with van der Waals surface area (Å²) in [4.78, 5) is 67.5. The number of fused-ring (bicyclic) bond motifs is 2. The zero-order valence-electron chi connectivity index (χ0n) is 21.3. The Morgan fingerprint density at radius 3 is 2.62 bits per heavy atom. The molecule has 0 fully saturated rings. The Balaban J connectivity index is 2.36. The molecule has 0 saturated carbocycles. The van der Waals surface area contributed by atoms with Gasteiger partial charge in [-0.1, -0.05) is 30.8 Å². The SMILES string of the molecule is C/C=C1\NC(=O)c2ccc(SC)c(n2)CNC(=O)C[C@@H](/C=C/CCSC(C)=O)OC(=O)C(CC)NC1=O. The maximum atomic E-state index is 12.9. The van der Waals surface area contributed by atoms with Crippen molar-refractivity contribution in [1.29, 1.82) is 0 Å². The lowest BCUT2D eigenvalue weighted by molar-refractivity contribution is -0.151. The number of cyclic esters (lactones) is 1. The van der Waals surface area contributed by atoms with Gasteiger partial charge in [0, 0.05) is 17.6 Å². The number of hydrogen-bond acceptors (Lipinski definition) is 9. The number of pyridine rings is 1. The third-order valence-corrected chi connectivity index (χ3v) is 6.87. The summed E-state index contributed by atoms with van der Waals surface area (Å²) >= 11 is 2.59. The summed E-state index contributed by atoms with van der Waals surface area (Å²) in [6, 6.07) is 2.27. The van der Waals surface area contributed by atoms with Crippen molar-refractivity contribution in [2.24, 2.45) is 0 Å². The van der Waals surface area contributed by atoms with Crippen LogP contribution in [0.5, 0.6) is 0 Å². The molecule has 200 valence electrons. The van der Waals surface area contributed by atoms with Crippen LogP contribution in [-0.2, 0) is 30.5 Å². The molecule has 2 heterocycles. The van der Waals surface area contributed by atoms with Crippen LogP contribution in [0.15, 0.2) is 41.0 Å². The van der Waals surface area contributed by atoms with Crippen molar-refractivity contribution in [3.63, 3.8) is 0 Å². The van der Waals surface area contributed by atoms with Crippen molar-refractivity contribution < 1.29 is 28.7 Å². The fourth-order valence-corrected chi connectivity index (χ4v) is 4.37. The van der Waals surface area contributed by atoms with E-state index in [2.05, 4.69) is 20.9 Å². The number of hydrogen-bond donors (Lipinski definition) is 3. The molecule has 1 unspecified atom stereocenters. The number of nitrogens with one attached hydrogen (secondary N) is 3. The molecule has 0 aromatic carbocycles. The first kappa shape index (κ1) is 30.1. The van der Waals surface area contributed by atoms with E-state index in [9.17, 15) is 24.0 Å². The van der Waals surface area contributed by atoms with Crippen LogP contribution in [0.25, 0.3) is 0 Å². The lowest BCUT2D eigenvalue weighted by Gasteiger charge is -2.21. The summed E-state index contributed by atoms with van der Waals surface area (Å²) in [5.74, 6) is -1.78. The van der Waals surface area contributed by atoms with Gasteiger partial charge in [-0.15, -0.1) is 11.8 Å². The fourth-order valence-electron chi connectivity index (χ4n) is 3.27. The number of aromatic nitrogens is 1. The smallest absolute Gasteiger partial charge is 0.329 e. The molecule has 1 aromatic heterocycles. The van der Waals surface area contributed by atoms with E-state index in [-0.39, 0.29) is 41.8 Å². The number of rotatable bonds is 6. The van der Waals surface area contributed by atoms with Crippen LogP contribution in [0.2, 0.25) is 0 Å². The third kappa shape index (κ3) is 9.69. The summed E-state index contributed by atoms with van der Waals surface area (Å²) < 4.78 is 5.58. The molecule has 0 radical (unpaired) electrons. The molecule has 2 rings (SSSR count). The number of thioether (sulfide) groups is 2. The molecule has 3 N–H and O–H groups in total. The Kier molecular flexibility index (Phi) is 12.4. The second-order valence-corrected chi connectivity index (χ2v) is 10.1. The Morgan fingerprint density at radius 2 is 1.97 bits per heavy atom. The zero-order chi connectivity index (χ0) is 27.4. The topological polar surface area (TPSA) is 144 Å². The van der Waals surface area contributed by atoms with Crippen LogP contribution in [-0.4, -0.2) is 57.9 Å². The predicted molar refractivity (Wildman–Crippen MR) is 143 cm³/mol. The average molecular weight is 549 g/mol. The van der Waals surface area contributed by atoms with E-state index in [1.807, 2.05) is 6.26 Å². The number of carbonyl (C=O) groups excluding carboxylic acids is 5. The second kappa shape index (κ2) is 15.2. The van der Waals surface area contributed by atoms with Gasteiger partial charge < -0.3 is 20.7 Å². The maximum Gasteiger partial charge on any atom is 0.329 e. The van der Waals surface area contributed by atoms with Crippen molar-refractivity contribution in [3.8, 4) is 0 Å². The Morgan fingerprint density at radius 1 is 1.22 bits per heavy atom. The number of carbonyl (C=O) groups is 5. The van der Waals surface area contributed by atoms with Gasteiger partial charge in [-0.3, -0.25) is 19.2 Å². The summed E-state index contributed by atoms with van der Waals surface area (Å²) in [5.41, 5.74) is 0.536. The van der Waals surface area contributed by atoms with Crippen molar-refractivity contribution in [1.82, 2.24) is 20.9 Å². The van der Waals surface area contributed by atoms with Crippen LogP contribution >= 0.6 is 23.5 Å². The molecular formula is C25H32N4O6S2. The summed E-state index contributed by atoms with van der Waals surface area (Å²) in [6.45, 7) is 4.83. The van der Waals surface area contributed by atoms with Crippen molar-refractivity contribution >= 4 is 52.3 Å². The van der Waals surface area contributed by atoms with E-state index in [1.165, 1.54) is 42.6 Å². The first-order valence-corrected chi connectivity index (χ1v) is 14.0. The van der Waals surface area contributed by atoms with E-state index >= 15 is 0 Å². The number of ether oxygens (including phenoxy) is 1. The molecule has 1 aromatic rings. The Labute approximate surface area is 224 Å². The fraction of sp³-hybridized carbons (Fsp3) is 0.440. The minimum Gasteiger partial charge on any atom is -0.456 e. The second-order valence-electron chi connectivity index (χ2n) is 7.95. The normalized spacial score (nSPS) is 20.8. The van der Waals surface area contributed by atoms with E-state index < -0.39 is 29.9 Å². The molecule has 10 nitrogen and oxygen atoms in total. The van der Waals surface area contributed by atoms with Gasteiger partial charge in [-0.2, -0.15) is 0 Å². The highest BCUT2D eigenvalue weighted by atomic mass is 32.2. The molecule has 0 spiro atoms. The Bertz CT molecular complexity index is 1090. The minimum atomic E-state index is -0.995. The summed E-state index contributed by atoms with van der Waals surface area (Å²) in [7, 11) is 0. The highest BCUT2D eigenvalue weighted by Gasteiger charge is 2.26. The molecule has 12 heteroatoms. The van der Waals surface area contributed by atoms with Crippen LogP contribution in [0, 0.1) is 0 Å². The molecule has 2 atom stereocenters. The number of nitrogens with zero attached hydrogens (tertiary/aromatic N) is 1.